The fourth-order valence-corrected chi connectivity index (χ4v) is 3.69. The molecule has 3 saturated carbocycles. The summed E-state index contributed by atoms with van der Waals surface area (Å²) in [5.74, 6) is -0.785. The van der Waals surface area contributed by atoms with Crippen LogP contribution in [0.5, 0.6) is 0 Å². The maximum Gasteiger partial charge on any atom is 0.327 e. The summed E-state index contributed by atoms with van der Waals surface area (Å²) in [6.07, 6.45) is 6.33. The molecule has 0 heterocycles. The average molecular weight is 247 g/mol. The molecule has 18 heavy (non-hydrogen) atoms. The molecule has 0 aromatic rings. The van der Waals surface area contributed by atoms with E-state index in [2.05, 4.69) is 6.07 Å². The predicted molar refractivity (Wildman–Crippen MR) is 62.2 cm³/mol. The predicted octanol–water partition coefficient (Wildman–Crippen LogP) is 1.98. The fraction of sp³-hybridized carbons (Fsp3) is 0.786. The lowest BCUT2D eigenvalue weighted by atomic mass is 9.95. The number of carbonyl (C=O) groups is 2. The Bertz CT molecular complexity index is 433. The molecule has 0 amide bonds. The number of Topliss-reactive ketones (excluding diaryl/α,β-unsaturated/α-hetero) is 1. The summed E-state index contributed by atoms with van der Waals surface area (Å²) in [4.78, 5) is 23.8. The minimum absolute atomic E-state index is 0.0343. The van der Waals surface area contributed by atoms with Gasteiger partial charge in [-0.2, -0.15) is 5.26 Å². The van der Waals surface area contributed by atoms with Crippen molar-refractivity contribution in [2.45, 2.75) is 51.0 Å². The van der Waals surface area contributed by atoms with E-state index in [9.17, 15) is 14.9 Å². The van der Waals surface area contributed by atoms with E-state index in [0.717, 1.165) is 25.7 Å². The van der Waals surface area contributed by atoms with Gasteiger partial charge in [0.15, 0.2) is 5.41 Å². The summed E-state index contributed by atoms with van der Waals surface area (Å²) in [7, 11) is 0. The minimum Gasteiger partial charge on any atom is -0.461 e. The van der Waals surface area contributed by atoms with Crippen LogP contribution in [0.3, 0.4) is 0 Å². The van der Waals surface area contributed by atoms with Gasteiger partial charge in [-0.1, -0.05) is 6.42 Å². The van der Waals surface area contributed by atoms with Crippen molar-refractivity contribution in [3.63, 3.8) is 0 Å². The second kappa shape index (κ2) is 4.08. The van der Waals surface area contributed by atoms with Crippen LogP contribution in [-0.2, 0) is 14.3 Å². The number of esters is 1. The third-order valence-corrected chi connectivity index (χ3v) is 4.77. The van der Waals surface area contributed by atoms with Crippen LogP contribution in [0.2, 0.25) is 0 Å². The number of nitrogens with zero attached hydrogens (tertiary/aromatic N) is 1. The number of hydrogen-bond acceptors (Lipinski definition) is 4. The van der Waals surface area contributed by atoms with Gasteiger partial charge in [-0.15, -0.1) is 0 Å². The third kappa shape index (κ3) is 1.50. The molecule has 3 fully saturated rings. The van der Waals surface area contributed by atoms with Gasteiger partial charge in [-0.25, -0.2) is 0 Å². The Kier molecular flexibility index (Phi) is 2.65. The molecule has 0 saturated heterocycles. The first-order chi connectivity index (χ1) is 8.70. The quantitative estimate of drug-likeness (QED) is 0.700. The van der Waals surface area contributed by atoms with Gasteiger partial charge in [-0.05, 0) is 32.1 Å². The summed E-state index contributed by atoms with van der Waals surface area (Å²) < 4.78 is 5.48. The smallest absolute Gasteiger partial charge is 0.327 e. The number of nitriles is 1. The number of fused-ring (bicyclic) bond motifs is 1. The zero-order valence-electron chi connectivity index (χ0n) is 10.4. The monoisotopic (exact) mass is 247 g/mol. The molecule has 3 aliphatic carbocycles. The molecule has 0 radical (unpaired) electrons. The second-order valence-corrected chi connectivity index (χ2v) is 5.74. The van der Waals surface area contributed by atoms with Crippen LogP contribution in [-0.4, -0.2) is 17.9 Å². The van der Waals surface area contributed by atoms with Crippen LogP contribution >= 0.6 is 0 Å². The second-order valence-electron chi connectivity index (χ2n) is 5.74. The van der Waals surface area contributed by atoms with E-state index in [1.54, 1.807) is 0 Å². The number of hydrogen-bond donors (Lipinski definition) is 0. The van der Waals surface area contributed by atoms with Gasteiger partial charge in [0.2, 0.25) is 0 Å². The fourth-order valence-electron chi connectivity index (χ4n) is 3.69. The van der Waals surface area contributed by atoms with Crippen molar-refractivity contribution >= 4 is 11.8 Å². The van der Waals surface area contributed by atoms with E-state index in [0.29, 0.717) is 12.8 Å². The summed E-state index contributed by atoms with van der Waals surface area (Å²) in [6, 6.07) is 2.08. The summed E-state index contributed by atoms with van der Waals surface area (Å²) in [5, 5.41) is 9.28. The van der Waals surface area contributed by atoms with E-state index in [4.69, 9.17) is 4.74 Å². The molecule has 3 atom stereocenters. The van der Waals surface area contributed by atoms with Crippen molar-refractivity contribution in [1.82, 2.24) is 0 Å². The lowest BCUT2D eigenvalue weighted by Crippen LogP contribution is -2.30. The standard InChI is InChI=1S/C14H17NO3/c15-8-14(10-6-7-11(16)12(10)14)13(17)18-9-4-2-1-3-5-9/h9-10,12H,1-7H2/t10-,12-,14+/m0/s1. The van der Waals surface area contributed by atoms with Crippen molar-refractivity contribution in [3.05, 3.63) is 0 Å². The lowest BCUT2D eigenvalue weighted by molar-refractivity contribution is -0.157. The SMILES string of the molecule is N#C[C@]1(C(=O)OC2CCCCC2)[C@@H]2C(=O)CC[C@@H]21. The van der Waals surface area contributed by atoms with Gasteiger partial charge in [0.1, 0.15) is 11.9 Å². The van der Waals surface area contributed by atoms with Gasteiger partial charge in [0.05, 0.1) is 12.0 Å². The van der Waals surface area contributed by atoms with E-state index in [1.165, 1.54) is 6.42 Å². The number of carbonyl (C=O) groups excluding carboxylic acids is 2. The van der Waals surface area contributed by atoms with E-state index in [-0.39, 0.29) is 23.7 Å². The van der Waals surface area contributed by atoms with Gasteiger partial charge in [0, 0.05) is 12.3 Å². The number of rotatable bonds is 2. The van der Waals surface area contributed by atoms with E-state index < -0.39 is 11.4 Å². The maximum atomic E-state index is 12.2. The highest BCUT2D eigenvalue weighted by Crippen LogP contribution is 2.66. The maximum absolute atomic E-state index is 12.2. The van der Waals surface area contributed by atoms with Crippen molar-refractivity contribution in [2.75, 3.05) is 0 Å². The molecule has 0 bridgehead atoms. The van der Waals surface area contributed by atoms with Gasteiger partial charge in [0.25, 0.3) is 0 Å². The van der Waals surface area contributed by atoms with Crippen molar-refractivity contribution < 1.29 is 14.3 Å². The molecule has 4 heteroatoms. The third-order valence-electron chi connectivity index (χ3n) is 4.77. The zero-order valence-corrected chi connectivity index (χ0v) is 10.4. The van der Waals surface area contributed by atoms with Crippen LogP contribution in [0.15, 0.2) is 0 Å². The van der Waals surface area contributed by atoms with Crippen LogP contribution in [0.4, 0.5) is 0 Å². The van der Waals surface area contributed by atoms with Crippen LogP contribution < -0.4 is 0 Å². The molecule has 0 aromatic carbocycles. The zero-order chi connectivity index (χ0) is 12.8. The molecular formula is C14H17NO3. The minimum atomic E-state index is -1.12. The highest BCUT2D eigenvalue weighted by molar-refractivity contribution is 5.99. The summed E-state index contributed by atoms with van der Waals surface area (Å²) >= 11 is 0. The Morgan fingerprint density at radius 1 is 1.28 bits per heavy atom. The van der Waals surface area contributed by atoms with Crippen molar-refractivity contribution in [3.8, 4) is 6.07 Å². The number of ether oxygens (including phenoxy) is 1. The Balaban J connectivity index is 1.69. The molecule has 0 N–H and O–H groups in total. The van der Waals surface area contributed by atoms with Crippen LogP contribution in [0, 0.1) is 28.6 Å². The normalized spacial score (nSPS) is 38.9. The molecule has 0 unspecified atom stereocenters. The first-order valence-electron chi connectivity index (χ1n) is 6.85. The number of ketones is 1. The van der Waals surface area contributed by atoms with E-state index in [1.807, 2.05) is 0 Å². The average Bonchev–Trinajstić information content (AvgIpc) is 2.91. The molecule has 3 aliphatic rings. The molecular weight excluding hydrogens is 230 g/mol. The molecule has 0 aliphatic heterocycles. The van der Waals surface area contributed by atoms with Gasteiger partial charge < -0.3 is 4.74 Å². The Morgan fingerprint density at radius 3 is 2.56 bits per heavy atom. The Labute approximate surface area is 106 Å². The summed E-state index contributed by atoms with van der Waals surface area (Å²) in [6.45, 7) is 0. The van der Waals surface area contributed by atoms with Crippen LogP contribution in [0.1, 0.15) is 44.9 Å². The Morgan fingerprint density at radius 2 is 2.00 bits per heavy atom. The largest absolute Gasteiger partial charge is 0.461 e. The summed E-state index contributed by atoms with van der Waals surface area (Å²) in [5.41, 5.74) is -1.12. The molecule has 3 rings (SSSR count). The first kappa shape index (κ1) is 11.7. The van der Waals surface area contributed by atoms with Gasteiger partial charge >= 0.3 is 5.97 Å². The first-order valence-corrected chi connectivity index (χ1v) is 6.85. The van der Waals surface area contributed by atoms with Crippen molar-refractivity contribution in [1.29, 1.82) is 5.26 Å². The highest BCUT2D eigenvalue weighted by Gasteiger charge is 2.76. The van der Waals surface area contributed by atoms with Crippen molar-refractivity contribution in [2.24, 2.45) is 17.3 Å². The molecule has 0 aromatic heterocycles. The highest BCUT2D eigenvalue weighted by atomic mass is 16.5. The lowest BCUT2D eigenvalue weighted by Gasteiger charge is -2.23. The van der Waals surface area contributed by atoms with Gasteiger partial charge in [-0.3, -0.25) is 9.59 Å². The van der Waals surface area contributed by atoms with Crippen LogP contribution in [0.25, 0.3) is 0 Å². The molecule has 0 spiro atoms. The Hall–Kier alpha value is -1.37. The molecule has 4 nitrogen and oxygen atoms in total. The molecule has 96 valence electrons. The van der Waals surface area contributed by atoms with E-state index >= 15 is 0 Å². The topological polar surface area (TPSA) is 67.2 Å².